The van der Waals surface area contributed by atoms with Gasteiger partial charge in [-0.15, -0.1) is 0 Å². The van der Waals surface area contributed by atoms with Crippen molar-refractivity contribution in [2.45, 2.75) is 32.1 Å². The van der Waals surface area contributed by atoms with Crippen LogP contribution in [0.4, 0.5) is 24.5 Å². The molecular weight excluding hydrogens is 501 g/mol. The smallest absolute Gasteiger partial charge is 0.368 e. The van der Waals surface area contributed by atoms with Crippen LogP contribution in [0.2, 0.25) is 0 Å². The Kier molecular flexibility index (Phi) is 6.24. The molecule has 2 aromatic rings. The van der Waals surface area contributed by atoms with Crippen LogP contribution in [0.25, 0.3) is 5.57 Å². The second-order valence-corrected chi connectivity index (χ2v) is 9.19. The van der Waals surface area contributed by atoms with Crippen molar-refractivity contribution in [3.8, 4) is 0 Å². The van der Waals surface area contributed by atoms with Crippen LogP contribution in [0.5, 0.6) is 0 Å². The van der Waals surface area contributed by atoms with E-state index in [0.29, 0.717) is 28.7 Å². The number of benzene rings is 2. The predicted octanol–water partition coefficient (Wildman–Crippen LogP) is 4.38. The molecule has 1 saturated heterocycles. The summed E-state index contributed by atoms with van der Waals surface area (Å²) in [7, 11) is 0. The van der Waals surface area contributed by atoms with Crippen molar-refractivity contribution in [1.82, 2.24) is 10.6 Å². The van der Waals surface area contributed by atoms with Crippen molar-refractivity contribution in [3.05, 3.63) is 63.8 Å². The highest BCUT2D eigenvalue weighted by atomic mass is 79.9. The first-order chi connectivity index (χ1) is 15.5. The molecule has 3 N–H and O–H groups in total. The Labute approximate surface area is 197 Å². The first-order valence-corrected chi connectivity index (χ1v) is 11.2. The lowest BCUT2D eigenvalue weighted by Gasteiger charge is -2.38. The maximum Gasteiger partial charge on any atom is 0.418 e. The van der Waals surface area contributed by atoms with Crippen LogP contribution >= 0.6 is 15.9 Å². The highest BCUT2D eigenvalue weighted by Gasteiger charge is 2.36. The Hall–Kier alpha value is -2.85. The van der Waals surface area contributed by atoms with Gasteiger partial charge in [0.25, 0.3) is 11.8 Å². The van der Waals surface area contributed by atoms with Gasteiger partial charge in [0.1, 0.15) is 0 Å². The van der Waals surface area contributed by atoms with Gasteiger partial charge in [-0.2, -0.15) is 13.2 Å². The molecule has 0 spiro atoms. The maximum atomic E-state index is 13.9. The summed E-state index contributed by atoms with van der Waals surface area (Å²) in [5.41, 5.74) is 0.389. The van der Waals surface area contributed by atoms with Gasteiger partial charge in [0, 0.05) is 58.3 Å². The van der Waals surface area contributed by atoms with Crippen LogP contribution < -0.4 is 20.9 Å². The van der Waals surface area contributed by atoms with Crippen LogP contribution in [0.1, 0.15) is 35.3 Å². The van der Waals surface area contributed by atoms with Crippen LogP contribution in [0.15, 0.2) is 47.1 Å². The molecule has 1 fully saturated rings. The van der Waals surface area contributed by atoms with E-state index in [9.17, 15) is 22.8 Å². The molecule has 0 aromatic heterocycles. The minimum absolute atomic E-state index is 0.0595. The van der Waals surface area contributed by atoms with Gasteiger partial charge >= 0.3 is 6.18 Å². The largest absolute Gasteiger partial charge is 0.418 e. The van der Waals surface area contributed by atoms with E-state index in [2.05, 4.69) is 31.9 Å². The number of nitrogens with zero attached hydrogens (tertiary/aromatic N) is 1. The summed E-state index contributed by atoms with van der Waals surface area (Å²) in [5.74, 6) is -1.16. The van der Waals surface area contributed by atoms with Gasteiger partial charge in [0.2, 0.25) is 0 Å². The summed E-state index contributed by atoms with van der Waals surface area (Å²) < 4.78 is 42.4. The van der Waals surface area contributed by atoms with E-state index in [1.54, 1.807) is 29.2 Å². The van der Waals surface area contributed by atoms with Crippen molar-refractivity contribution in [1.29, 1.82) is 0 Å². The Bertz CT molecular complexity index is 1140. The van der Waals surface area contributed by atoms with Crippen molar-refractivity contribution in [2.24, 2.45) is 0 Å². The Morgan fingerprint density at radius 3 is 2.39 bits per heavy atom. The molecule has 2 aliphatic rings. The zero-order valence-electron chi connectivity index (χ0n) is 17.9. The highest BCUT2D eigenvalue weighted by Crippen LogP contribution is 2.39. The van der Waals surface area contributed by atoms with Gasteiger partial charge in [-0.1, -0.05) is 15.9 Å². The number of halogens is 4. The van der Waals surface area contributed by atoms with Crippen molar-refractivity contribution in [2.75, 3.05) is 23.3 Å². The lowest BCUT2D eigenvalue weighted by Crippen LogP contribution is -2.54. The van der Waals surface area contributed by atoms with Gasteiger partial charge in [-0.3, -0.25) is 14.9 Å². The van der Waals surface area contributed by atoms with Crippen LogP contribution in [0.3, 0.4) is 0 Å². The lowest BCUT2D eigenvalue weighted by atomic mass is 9.95. The van der Waals surface area contributed by atoms with Crippen molar-refractivity contribution < 1.29 is 22.8 Å². The monoisotopic (exact) mass is 522 g/mol. The summed E-state index contributed by atoms with van der Waals surface area (Å²) >= 11 is 3.31. The minimum atomic E-state index is -4.55. The highest BCUT2D eigenvalue weighted by molar-refractivity contribution is 9.10. The van der Waals surface area contributed by atoms with E-state index in [4.69, 9.17) is 0 Å². The van der Waals surface area contributed by atoms with Gasteiger partial charge in [-0.25, -0.2) is 0 Å². The number of anilines is 2. The number of carbonyl (C=O) groups excluding carboxylic acids is 2. The molecule has 2 aromatic carbocycles. The molecule has 0 saturated carbocycles. The van der Waals surface area contributed by atoms with Gasteiger partial charge in [-0.05, 0) is 50.2 Å². The third-order valence-electron chi connectivity index (χ3n) is 5.57. The molecule has 33 heavy (non-hydrogen) atoms. The normalized spacial score (nSPS) is 22.2. The first-order valence-electron chi connectivity index (χ1n) is 10.4. The van der Waals surface area contributed by atoms with Gasteiger partial charge in [0.05, 0.1) is 11.1 Å². The molecule has 10 heteroatoms. The van der Waals surface area contributed by atoms with E-state index in [1.165, 1.54) is 12.3 Å². The van der Waals surface area contributed by atoms with Crippen LogP contribution in [0, 0.1) is 0 Å². The molecule has 2 amide bonds. The Balaban J connectivity index is 1.68. The fourth-order valence-electron chi connectivity index (χ4n) is 4.25. The fourth-order valence-corrected chi connectivity index (χ4v) is 4.61. The van der Waals surface area contributed by atoms with Gasteiger partial charge in [0.15, 0.2) is 0 Å². The van der Waals surface area contributed by atoms with E-state index >= 15 is 0 Å². The molecule has 2 aliphatic heterocycles. The van der Waals surface area contributed by atoms with Crippen molar-refractivity contribution in [3.63, 3.8) is 0 Å². The summed E-state index contributed by atoms with van der Waals surface area (Å²) in [6.07, 6.45) is -3.24. The molecule has 4 rings (SSSR count). The summed E-state index contributed by atoms with van der Waals surface area (Å²) in [4.78, 5) is 26.2. The topological polar surface area (TPSA) is 73.5 Å². The third kappa shape index (κ3) is 4.91. The molecule has 174 valence electrons. The minimum Gasteiger partial charge on any atom is -0.368 e. The number of hydrogen-bond acceptors (Lipinski definition) is 5. The molecule has 0 radical (unpaired) electrons. The number of nitrogens with one attached hydrogen (secondary N) is 3. The van der Waals surface area contributed by atoms with Crippen LogP contribution in [-0.2, 0) is 11.0 Å². The molecule has 0 unspecified atom stereocenters. The number of hydrogen-bond donors (Lipinski definition) is 3. The molecule has 6 nitrogen and oxygen atoms in total. The maximum absolute atomic E-state index is 13.9. The molecular formula is C23H22BrF3N4O2. The first kappa shape index (κ1) is 23.3. The number of piperazine rings is 1. The summed E-state index contributed by atoms with van der Waals surface area (Å²) in [6, 6.07) is 9.02. The van der Waals surface area contributed by atoms with Gasteiger partial charge < -0.3 is 15.5 Å². The number of carbonyl (C=O) groups is 2. The SMILES string of the molecule is C[C@@H]1CN(c2ccc(N/C=C3\C(=O)NC(=O)c4ccc(Br)cc43)cc2C(F)(F)F)C[C@H](C)N1. The van der Waals surface area contributed by atoms with E-state index in [1.807, 2.05) is 13.8 Å². The van der Waals surface area contributed by atoms with E-state index in [0.717, 1.165) is 6.07 Å². The number of amides is 2. The quantitative estimate of drug-likeness (QED) is 0.412. The van der Waals surface area contributed by atoms with E-state index in [-0.39, 0.29) is 29.0 Å². The Morgan fingerprint density at radius 2 is 1.73 bits per heavy atom. The zero-order chi connectivity index (χ0) is 23.9. The van der Waals surface area contributed by atoms with E-state index < -0.39 is 23.6 Å². The Morgan fingerprint density at radius 1 is 1.03 bits per heavy atom. The average Bonchev–Trinajstić information content (AvgIpc) is 2.72. The van der Waals surface area contributed by atoms with Crippen LogP contribution in [-0.4, -0.2) is 37.0 Å². The number of fused-ring (bicyclic) bond motifs is 1. The standard InChI is InChI=1S/C23H22BrF3N4O2/c1-12-10-31(11-13(2)29-12)20-6-4-15(8-19(20)23(25,26)27)28-9-18-17-7-14(24)3-5-16(17)21(32)30-22(18)33/h3-9,12-13,28-29H,10-11H2,1-2H3,(H,30,32,33)/b18-9-/t12-,13+. The predicted molar refractivity (Wildman–Crippen MR) is 124 cm³/mol. The molecule has 0 aliphatic carbocycles. The average molecular weight is 523 g/mol. The molecule has 2 atom stereocenters. The molecule has 0 bridgehead atoms. The summed E-state index contributed by atoms with van der Waals surface area (Å²) in [5, 5.41) is 8.36. The number of alkyl halides is 3. The molecule has 2 heterocycles. The third-order valence-corrected chi connectivity index (χ3v) is 6.06. The number of rotatable bonds is 3. The zero-order valence-corrected chi connectivity index (χ0v) is 19.5. The number of imide groups is 1. The second-order valence-electron chi connectivity index (χ2n) is 8.28. The lowest BCUT2D eigenvalue weighted by molar-refractivity contribution is -0.137. The second kappa shape index (κ2) is 8.83. The fraction of sp³-hybridized carbons (Fsp3) is 0.304. The van der Waals surface area contributed by atoms with Crippen molar-refractivity contribution >= 4 is 44.7 Å². The summed E-state index contributed by atoms with van der Waals surface area (Å²) in [6.45, 7) is 4.80.